The number of likely N-dealkylation sites (N-methyl/N-ethyl adjacent to an activating group) is 1. The zero-order valence-corrected chi connectivity index (χ0v) is 17.0. The number of nitrogens with zero attached hydrogens (tertiary/aromatic N) is 3. The monoisotopic (exact) mass is 385 g/mol. The van der Waals surface area contributed by atoms with Gasteiger partial charge in [0, 0.05) is 36.7 Å². The van der Waals surface area contributed by atoms with Crippen LogP contribution in [0.2, 0.25) is 0 Å². The molecule has 1 aromatic rings. The van der Waals surface area contributed by atoms with Crippen LogP contribution in [0.5, 0.6) is 0 Å². The molecule has 2 aliphatic rings. The minimum absolute atomic E-state index is 0.0214. The van der Waals surface area contributed by atoms with Crippen LogP contribution in [-0.4, -0.2) is 66.4 Å². The van der Waals surface area contributed by atoms with Gasteiger partial charge in [-0.25, -0.2) is 0 Å². The number of aromatic nitrogens is 1. The highest BCUT2D eigenvalue weighted by Crippen LogP contribution is 2.36. The molecule has 0 spiro atoms. The average Bonchev–Trinajstić information content (AvgIpc) is 3.21. The van der Waals surface area contributed by atoms with Gasteiger partial charge >= 0.3 is 0 Å². The number of rotatable bonds is 8. The number of nitrogens with one attached hydrogen (secondary N) is 2. The Morgan fingerprint density at radius 2 is 2.21 bits per heavy atom. The van der Waals surface area contributed by atoms with Gasteiger partial charge < -0.3 is 15.5 Å². The fourth-order valence-corrected chi connectivity index (χ4v) is 3.72. The van der Waals surface area contributed by atoms with Crippen molar-refractivity contribution in [1.29, 1.82) is 0 Å². The van der Waals surface area contributed by atoms with Gasteiger partial charge in [-0.2, -0.15) is 0 Å². The number of pyridine rings is 1. The van der Waals surface area contributed by atoms with Crippen LogP contribution in [0.25, 0.3) is 0 Å². The van der Waals surface area contributed by atoms with E-state index in [1.54, 1.807) is 17.3 Å². The zero-order valence-electron chi connectivity index (χ0n) is 17.0. The van der Waals surface area contributed by atoms with Crippen LogP contribution < -0.4 is 10.6 Å². The highest BCUT2D eigenvalue weighted by atomic mass is 16.2. The van der Waals surface area contributed by atoms with Gasteiger partial charge in [0.2, 0.25) is 11.8 Å². The predicted octanol–water partition coefficient (Wildman–Crippen LogP) is 1.30. The van der Waals surface area contributed by atoms with Gasteiger partial charge in [-0.15, -0.1) is 0 Å². The Hall–Kier alpha value is -2.25. The minimum atomic E-state index is -0.709. The van der Waals surface area contributed by atoms with Crippen LogP contribution in [0.15, 0.2) is 36.3 Å². The molecule has 0 radical (unpaired) electrons. The SMILES string of the molecule is C[C@@H]1CC=C1N(C(=O)[C@H]1CCCN1)C(C(=O)NCCN(C)C)c1cccnc1. The van der Waals surface area contributed by atoms with Crippen molar-refractivity contribution in [3.63, 3.8) is 0 Å². The molecule has 0 saturated carbocycles. The fraction of sp³-hybridized carbons (Fsp3) is 0.571. The lowest BCUT2D eigenvalue weighted by atomic mass is 9.88. The lowest BCUT2D eigenvalue weighted by Crippen LogP contribution is -2.51. The first kappa shape index (κ1) is 20.5. The Labute approximate surface area is 167 Å². The summed E-state index contributed by atoms with van der Waals surface area (Å²) in [5.74, 6) is 0.0761. The average molecular weight is 386 g/mol. The van der Waals surface area contributed by atoms with E-state index in [0.29, 0.717) is 6.54 Å². The third-order valence-corrected chi connectivity index (χ3v) is 5.42. The summed E-state index contributed by atoms with van der Waals surface area (Å²) < 4.78 is 0. The van der Waals surface area contributed by atoms with Gasteiger partial charge in [0.05, 0.1) is 6.04 Å². The molecule has 0 aromatic carbocycles. The van der Waals surface area contributed by atoms with E-state index in [2.05, 4.69) is 28.6 Å². The minimum Gasteiger partial charge on any atom is -0.353 e. The molecular weight excluding hydrogens is 354 g/mol. The van der Waals surface area contributed by atoms with Crippen molar-refractivity contribution in [2.75, 3.05) is 33.7 Å². The third-order valence-electron chi connectivity index (χ3n) is 5.42. The van der Waals surface area contributed by atoms with E-state index < -0.39 is 6.04 Å². The Balaban J connectivity index is 1.91. The molecule has 1 saturated heterocycles. The maximum Gasteiger partial charge on any atom is 0.247 e. The topological polar surface area (TPSA) is 77.6 Å². The van der Waals surface area contributed by atoms with Crippen molar-refractivity contribution in [3.8, 4) is 0 Å². The molecule has 7 nitrogen and oxygen atoms in total. The van der Waals surface area contributed by atoms with Crippen LogP contribution in [0.3, 0.4) is 0 Å². The number of hydrogen-bond donors (Lipinski definition) is 2. The van der Waals surface area contributed by atoms with Crippen molar-refractivity contribution in [3.05, 3.63) is 41.9 Å². The van der Waals surface area contributed by atoms with Crippen LogP contribution in [-0.2, 0) is 9.59 Å². The molecule has 1 aliphatic heterocycles. The van der Waals surface area contributed by atoms with Crippen LogP contribution in [0, 0.1) is 5.92 Å². The van der Waals surface area contributed by atoms with E-state index in [-0.39, 0.29) is 23.8 Å². The maximum atomic E-state index is 13.4. The lowest BCUT2D eigenvalue weighted by Gasteiger charge is -2.40. The number of amides is 2. The summed E-state index contributed by atoms with van der Waals surface area (Å²) in [5, 5.41) is 6.29. The Morgan fingerprint density at radius 3 is 2.75 bits per heavy atom. The van der Waals surface area contributed by atoms with Crippen molar-refractivity contribution in [1.82, 2.24) is 25.4 Å². The summed E-state index contributed by atoms with van der Waals surface area (Å²) >= 11 is 0. The second kappa shape index (κ2) is 9.30. The zero-order chi connectivity index (χ0) is 20.1. The molecular formula is C21H31N5O2. The molecule has 2 amide bonds. The first-order chi connectivity index (χ1) is 13.5. The quantitative estimate of drug-likeness (QED) is 0.705. The number of carbonyl (C=O) groups excluding carboxylic acids is 2. The van der Waals surface area contributed by atoms with E-state index in [0.717, 1.165) is 43.6 Å². The largest absolute Gasteiger partial charge is 0.353 e. The van der Waals surface area contributed by atoms with E-state index in [4.69, 9.17) is 0 Å². The summed E-state index contributed by atoms with van der Waals surface area (Å²) in [5.41, 5.74) is 1.67. The second-order valence-electron chi connectivity index (χ2n) is 7.91. The molecule has 28 heavy (non-hydrogen) atoms. The maximum absolute atomic E-state index is 13.4. The molecule has 3 rings (SSSR count). The van der Waals surface area contributed by atoms with Gasteiger partial charge in [0.1, 0.15) is 6.04 Å². The molecule has 1 aliphatic carbocycles. The number of hydrogen-bond acceptors (Lipinski definition) is 5. The van der Waals surface area contributed by atoms with Crippen molar-refractivity contribution in [2.45, 2.75) is 38.3 Å². The van der Waals surface area contributed by atoms with Crippen molar-refractivity contribution >= 4 is 11.8 Å². The van der Waals surface area contributed by atoms with Gasteiger partial charge in [0.15, 0.2) is 0 Å². The summed E-state index contributed by atoms with van der Waals surface area (Å²) in [6, 6.07) is 2.74. The van der Waals surface area contributed by atoms with Gasteiger partial charge in [-0.05, 0) is 51.9 Å². The standard InChI is InChI=1S/C21H31N5O2/c1-15-8-9-18(15)26(21(28)17-7-5-11-23-17)19(16-6-4-10-22-14-16)20(27)24-12-13-25(2)3/h4,6,9-10,14-15,17,19,23H,5,7-8,11-13H2,1-3H3,(H,24,27)/t15-,17-,19?/m1/s1. The Morgan fingerprint density at radius 1 is 1.39 bits per heavy atom. The van der Waals surface area contributed by atoms with Crippen LogP contribution in [0.1, 0.15) is 37.8 Å². The normalized spacial score (nSPS) is 22.4. The molecule has 152 valence electrons. The third kappa shape index (κ3) is 4.59. The molecule has 2 heterocycles. The first-order valence-electron chi connectivity index (χ1n) is 10.1. The summed E-state index contributed by atoms with van der Waals surface area (Å²) in [6.45, 7) is 4.21. The molecule has 3 atom stereocenters. The Kier molecular flexibility index (Phi) is 6.80. The van der Waals surface area contributed by atoms with E-state index >= 15 is 0 Å². The highest BCUT2D eigenvalue weighted by Gasteiger charge is 2.40. The predicted molar refractivity (Wildman–Crippen MR) is 108 cm³/mol. The highest BCUT2D eigenvalue weighted by molar-refractivity contribution is 5.92. The smallest absolute Gasteiger partial charge is 0.247 e. The number of allylic oxidation sites excluding steroid dienone is 2. The van der Waals surface area contributed by atoms with E-state index in [9.17, 15) is 9.59 Å². The molecule has 1 unspecified atom stereocenters. The molecule has 1 fully saturated rings. The summed E-state index contributed by atoms with van der Waals surface area (Å²) in [7, 11) is 3.93. The van der Waals surface area contributed by atoms with Gasteiger partial charge in [0.25, 0.3) is 0 Å². The molecule has 1 aromatic heterocycles. The number of carbonyl (C=O) groups is 2. The van der Waals surface area contributed by atoms with E-state index in [1.807, 2.05) is 31.1 Å². The van der Waals surface area contributed by atoms with Crippen molar-refractivity contribution in [2.24, 2.45) is 5.92 Å². The first-order valence-corrected chi connectivity index (χ1v) is 10.1. The lowest BCUT2D eigenvalue weighted by molar-refractivity contribution is -0.140. The summed E-state index contributed by atoms with van der Waals surface area (Å²) in [6.07, 6.45) is 8.14. The molecule has 7 heteroatoms. The second-order valence-corrected chi connectivity index (χ2v) is 7.91. The fourth-order valence-electron chi connectivity index (χ4n) is 3.72. The molecule has 0 bridgehead atoms. The van der Waals surface area contributed by atoms with E-state index in [1.165, 1.54) is 0 Å². The summed E-state index contributed by atoms with van der Waals surface area (Å²) in [4.78, 5) is 34.6. The molecule has 2 N–H and O–H groups in total. The Bertz CT molecular complexity index is 713. The van der Waals surface area contributed by atoms with Crippen molar-refractivity contribution < 1.29 is 9.59 Å². The van der Waals surface area contributed by atoms with Gasteiger partial charge in [-0.3, -0.25) is 19.5 Å². The van der Waals surface area contributed by atoms with Crippen LogP contribution >= 0.6 is 0 Å². The van der Waals surface area contributed by atoms with Crippen LogP contribution in [0.4, 0.5) is 0 Å². The van der Waals surface area contributed by atoms with Gasteiger partial charge in [-0.1, -0.05) is 19.1 Å².